The molecule has 1 amide bonds. The van der Waals surface area contributed by atoms with Crippen molar-refractivity contribution in [1.29, 1.82) is 0 Å². The molecule has 0 saturated carbocycles. The highest BCUT2D eigenvalue weighted by atomic mass is 79.9. The fourth-order valence-electron chi connectivity index (χ4n) is 2.51. The number of para-hydroxylation sites is 3. The molecule has 0 fully saturated rings. The van der Waals surface area contributed by atoms with E-state index in [-0.39, 0.29) is 17.3 Å². The summed E-state index contributed by atoms with van der Waals surface area (Å²) in [6, 6.07) is 22.1. The van der Waals surface area contributed by atoms with E-state index in [4.69, 9.17) is 0 Å². The minimum absolute atomic E-state index is 0.133. The predicted octanol–water partition coefficient (Wildman–Crippen LogP) is 5.34. The monoisotopic (exact) mass is 396 g/mol. The van der Waals surface area contributed by atoms with Crippen molar-refractivity contribution >= 4 is 38.9 Å². The van der Waals surface area contributed by atoms with Crippen molar-refractivity contribution in [2.45, 2.75) is 0 Å². The van der Waals surface area contributed by atoms with E-state index in [0.29, 0.717) is 15.7 Å². The van der Waals surface area contributed by atoms with Crippen molar-refractivity contribution in [2.24, 2.45) is 0 Å². The Bertz CT molecular complexity index is 929. The first-order valence-corrected chi connectivity index (χ1v) is 8.26. The highest BCUT2D eigenvalue weighted by molar-refractivity contribution is 9.10. The lowest BCUT2D eigenvalue weighted by Crippen LogP contribution is -2.27. The third kappa shape index (κ3) is 3.44. The normalized spacial score (nSPS) is 10.3. The summed E-state index contributed by atoms with van der Waals surface area (Å²) in [6.45, 7) is 0. The molecule has 124 valence electrons. The van der Waals surface area contributed by atoms with Crippen LogP contribution in [0.4, 0.5) is 17.1 Å². The van der Waals surface area contributed by atoms with Gasteiger partial charge in [0.15, 0.2) is 0 Å². The smallest absolute Gasteiger partial charge is 0.270 e. The average Bonchev–Trinajstić information content (AvgIpc) is 2.63. The van der Waals surface area contributed by atoms with Crippen molar-refractivity contribution in [3.8, 4) is 0 Å². The first kappa shape index (κ1) is 16.9. The molecule has 5 nitrogen and oxygen atoms in total. The number of amides is 1. The van der Waals surface area contributed by atoms with Gasteiger partial charge in [-0.15, -0.1) is 0 Å². The van der Waals surface area contributed by atoms with Crippen LogP contribution >= 0.6 is 15.9 Å². The van der Waals surface area contributed by atoms with Crippen LogP contribution in [0.15, 0.2) is 83.3 Å². The van der Waals surface area contributed by atoms with Gasteiger partial charge in [-0.25, -0.2) is 0 Å². The van der Waals surface area contributed by atoms with Gasteiger partial charge in [0.05, 0.1) is 10.5 Å². The van der Waals surface area contributed by atoms with Crippen LogP contribution in [-0.2, 0) is 0 Å². The van der Waals surface area contributed by atoms with Crippen LogP contribution in [0.3, 0.4) is 0 Å². The van der Waals surface area contributed by atoms with Crippen LogP contribution < -0.4 is 4.90 Å². The van der Waals surface area contributed by atoms with Gasteiger partial charge in [0, 0.05) is 16.2 Å². The molecule has 0 spiro atoms. The van der Waals surface area contributed by atoms with E-state index in [0.717, 1.165) is 0 Å². The van der Waals surface area contributed by atoms with E-state index in [9.17, 15) is 14.9 Å². The molecule has 3 aromatic rings. The summed E-state index contributed by atoms with van der Waals surface area (Å²) < 4.78 is 0.625. The van der Waals surface area contributed by atoms with Crippen molar-refractivity contribution in [1.82, 2.24) is 0 Å². The molecule has 0 radical (unpaired) electrons. The lowest BCUT2D eigenvalue weighted by atomic mass is 10.1. The Morgan fingerprint density at radius 3 is 2.16 bits per heavy atom. The van der Waals surface area contributed by atoms with Crippen molar-refractivity contribution in [3.63, 3.8) is 0 Å². The van der Waals surface area contributed by atoms with Gasteiger partial charge in [-0.05, 0) is 46.3 Å². The van der Waals surface area contributed by atoms with Gasteiger partial charge in [0.25, 0.3) is 11.6 Å². The highest BCUT2D eigenvalue weighted by Crippen LogP contribution is 2.35. The number of carbonyl (C=O) groups is 1. The molecule has 0 aromatic heterocycles. The predicted molar refractivity (Wildman–Crippen MR) is 100 cm³/mol. The summed E-state index contributed by atoms with van der Waals surface area (Å²) in [5.41, 5.74) is 1.06. The van der Waals surface area contributed by atoms with Gasteiger partial charge in [0.2, 0.25) is 0 Å². The largest absolute Gasteiger partial charge is 0.293 e. The van der Waals surface area contributed by atoms with E-state index in [1.807, 2.05) is 6.07 Å². The minimum atomic E-state index is -0.488. The SMILES string of the molecule is O=C(c1ccccc1Br)N(c1ccccc1)c1ccccc1[N+](=O)[O-]. The highest BCUT2D eigenvalue weighted by Gasteiger charge is 2.27. The van der Waals surface area contributed by atoms with Crippen molar-refractivity contribution in [3.05, 3.63) is 99.0 Å². The quantitative estimate of drug-likeness (QED) is 0.441. The summed E-state index contributed by atoms with van der Waals surface area (Å²) in [7, 11) is 0. The molecule has 3 rings (SSSR count). The van der Waals surface area contributed by atoms with E-state index in [2.05, 4.69) is 15.9 Å². The molecular formula is C19H13BrN2O3. The summed E-state index contributed by atoms with van der Waals surface area (Å²) in [5.74, 6) is -0.354. The second kappa shape index (κ2) is 7.27. The molecule has 0 saturated heterocycles. The first-order chi connectivity index (χ1) is 12.1. The number of halogens is 1. The second-order valence-corrected chi connectivity index (χ2v) is 6.06. The number of carbonyl (C=O) groups excluding carboxylic acids is 1. The molecule has 0 aliphatic heterocycles. The fourth-order valence-corrected chi connectivity index (χ4v) is 2.96. The third-order valence-corrected chi connectivity index (χ3v) is 4.33. The topological polar surface area (TPSA) is 63.5 Å². The van der Waals surface area contributed by atoms with Crippen LogP contribution in [-0.4, -0.2) is 10.8 Å². The Kier molecular flexibility index (Phi) is 4.90. The lowest BCUT2D eigenvalue weighted by Gasteiger charge is -2.23. The number of anilines is 2. The molecule has 3 aromatic carbocycles. The Morgan fingerprint density at radius 2 is 1.48 bits per heavy atom. The molecule has 0 unspecified atom stereocenters. The molecular weight excluding hydrogens is 384 g/mol. The van der Waals surface area contributed by atoms with E-state index >= 15 is 0 Å². The lowest BCUT2D eigenvalue weighted by molar-refractivity contribution is -0.384. The number of nitro groups is 1. The van der Waals surface area contributed by atoms with Crippen LogP contribution in [0.25, 0.3) is 0 Å². The van der Waals surface area contributed by atoms with Crippen molar-refractivity contribution in [2.75, 3.05) is 4.90 Å². The number of benzene rings is 3. The Labute approximate surface area is 152 Å². The third-order valence-electron chi connectivity index (χ3n) is 3.64. The van der Waals surface area contributed by atoms with Crippen molar-refractivity contribution < 1.29 is 9.72 Å². The van der Waals surface area contributed by atoms with Crippen LogP contribution in [0.1, 0.15) is 10.4 Å². The molecule has 0 bridgehead atoms. The Hall–Kier alpha value is -2.99. The molecule has 6 heteroatoms. The van der Waals surface area contributed by atoms with Gasteiger partial charge >= 0.3 is 0 Å². The number of hydrogen-bond acceptors (Lipinski definition) is 3. The maximum absolute atomic E-state index is 13.2. The zero-order chi connectivity index (χ0) is 17.8. The zero-order valence-corrected chi connectivity index (χ0v) is 14.6. The fraction of sp³-hybridized carbons (Fsp3) is 0. The van der Waals surface area contributed by atoms with E-state index in [1.165, 1.54) is 11.0 Å². The standard InChI is InChI=1S/C19H13BrN2O3/c20-16-11-5-4-10-15(16)19(23)21(14-8-2-1-3-9-14)17-12-6-7-13-18(17)22(24)25/h1-13H. The van der Waals surface area contributed by atoms with Crippen LogP contribution in [0, 0.1) is 10.1 Å². The summed E-state index contributed by atoms with van der Waals surface area (Å²) >= 11 is 3.38. The number of rotatable bonds is 4. The van der Waals surface area contributed by atoms with E-state index in [1.54, 1.807) is 66.7 Å². The van der Waals surface area contributed by atoms with E-state index < -0.39 is 4.92 Å². The molecule has 25 heavy (non-hydrogen) atoms. The minimum Gasteiger partial charge on any atom is -0.270 e. The van der Waals surface area contributed by atoms with Gasteiger partial charge in [0.1, 0.15) is 5.69 Å². The maximum atomic E-state index is 13.2. The molecule has 0 atom stereocenters. The molecule has 0 N–H and O–H groups in total. The Balaban J connectivity index is 2.21. The average molecular weight is 397 g/mol. The number of nitro benzene ring substituents is 1. The molecule has 0 aliphatic rings. The Morgan fingerprint density at radius 1 is 0.880 bits per heavy atom. The molecule has 0 heterocycles. The van der Waals surface area contributed by atoms with Gasteiger partial charge < -0.3 is 0 Å². The zero-order valence-electron chi connectivity index (χ0n) is 13.0. The summed E-state index contributed by atoms with van der Waals surface area (Å²) in [6.07, 6.45) is 0. The first-order valence-electron chi connectivity index (χ1n) is 7.47. The van der Waals surface area contributed by atoms with Crippen LogP contribution in [0.5, 0.6) is 0 Å². The second-order valence-electron chi connectivity index (χ2n) is 5.20. The van der Waals surface area contributed by atoms with Crippen LogP contribution in [0.2, 0.25) is 0 Å². The molecule has 0 aliphatic carbocycles. The number of nitrogens with zero attached hydrogens (tertiary/aromatic N) is 2. The van der Waals surface area contributed by atoms with Gasteiger partial charge in [-0.1, -0.05) is 42.5 Å². The summed E-state index contributed by atoms with van der Waals surface area (Å²) in [5, 5.41) is 11.4. The summed E-state index contributed by atoms with van der Waals surface area (Å²) in [4.78, 5) is 25.5. The van der Waals surface area contributed by atoms with Gasteiger partial charge in [-0.2, -0.15) is 0 Å². The number of hydrogen-bond donors (Lipinski definition) is 0. The van der Waals surface area contributed by atoms with Gasteiger partial charge in [-0.3, -0.25) is 19.8 Å². The maximum Gasteiger partial charge on any atom is 0.293 e.